The van der Waals surface area contributed by atoms with Crippen LogP contribution < -0.4 is 10.1 Å². The van der Waals surface area contributed by atoms with Gasteiger partial charge in [-0.3, -0.25) is 4.90 Å². The topological polar surface area (TPSA) is 106 Å². The molecule has 0 spiro atoms. The van der Waals surface area contributed by atoms with Gasteiger partial charge in [0, 0.05) is 12.6 Å². The van der Waals surface area contributed by atoms with Crippen LogP contribution in [0.1, 0.15) is 30.2 Å². The Labute approximate surface area is 189 Å². The Morgan fingerprint density at radius 2 is 1.97 bits per heavy atom. The van der Waals surface area contributed by atoms with Gasteiger partial charge < -0.3 is 14.5 Å². The van der Waals surface area contributed by atoms with Gasteiger partial charge in [-0.1, -0.05) is 6.07 Å². The van der Waals surface area contributed by atoms with Crippen LogP contribution in [0, 0.1) is 6.92 Å². The summed E-state index contributed by atoms with van der Waals surface area (Å²) in [4.78, 5) is 2.33. The highest BCUT2D eigenvalue weighted by Crippen LogP contribution is 2.33. The summed E-state index contributed by atoms with van der Waals surface area (Å²) in [5, 5.41) is 2.20. The average Bonchev–Trinajstić information content (AvgIpc) is 3.50. The second-order valence-electron chi connectivity index (χ2n) is 8.60. The lowest BCUT2D eigenvalue weighted by Crippen LogP contribution is -2.46. The Kier molecular flexibility index (Phi) is 6.67. The molecule has 176 valence electrons. The maximum Gasteiger partial charge on any atom is 0.187 e. The summed E-state index contributed by atoms with van der Waals surface area (Å²) in [7, 11) is -6.04. The van der Waals surface area contributed by atoms with Crippen molar-refractivity contribution >= 4 is 19.7 Å². The van der Waals surface area contributed by atoms with Gasteiger partial charge in [0.15, 0.2) is 19.7 Å². The number of methoxy groups -OCH3 is 1. The maximum atomic E-state index is 13.6. The molecule has 8 nitrogen and oxygen atoms in total. The Balaban J connectivity index is 1.61. The molecule has 0 saturated carbocycles. The van der Waals surface area contributed by atoms with Gasteiger partial charge in [-0.2, -0.15) is 0 Å². The summed E-state index contributed by atoms with van der Waals surface area (Å²) in [6, 6.07) is 7.86. The van der Waals surface area contributed by atoms with Crippen LogP contribution in [-0.4, -0.2) is 71.3 Å². The highest BCUT2D eigenvalue weighted by molar-refractivity contribution is 7.96. The second kappa shape index (κ2) is 9.17. The lowest BCUT2D eigenvalue weighted by molar-refractivity contribution is 0.206. The first-order valence-electron chi connectivity index (χ1n) is 10.8. The van der Waals surface area contributed by atoms with Gasteiger partial charge in [-0.25, -0.2) is 16.8 Å². The molecule has 2 aliphatic heterocycles. The van der Waals surface area contributed by atoms with Crippen LogP contribution in [0.5, 0.6) is 5.75 Å². The Morgan fingerprint density at radius 3 is 2.62 bits per heavy atom. The van der Waals surface area contributed by atoms with Crippen molar-refractivity contribution in [2.45, 2.75) is 42.0 Å². The number of furan rings is 1. The fraction of sp³-hybridized carbons (Fsp3) is 0.545. The molecule has 10 heteroatoms. The molecule has 32 heavy (non-hydrogen) atoms. The van der Waals surface area contributed by atoms with E-state index in [0.29, 0.717) is 6.54 Å². The van der Waals surface area contributed by atoms with E-state index in [0.717, 1.165) is 37.3 Å². The molecule has 0 radical (unpaired) electrons. The third-order valence-electron chi connectivity index (χ3n) is 6.35. The minimum absolute atomic E-state index is 0.0380. The number of hydrogen-bond acceptors (Lipinski definition) is 8. The lowest BCUT2D eigenvalue weighted by Gasteiger charge is -2.28. The number of ether oxygens (including phenoxy) is 1. The van der Waals surface area contributed by atoms with E-state index in [9.17, 15) is 16.8 Å². The zero-order valence-corrected chi connectivity index (χ0v) is 20.0. The number of nitrogens with zero attached hydrogens (tertiary/aromatic N) is 1. The Hall–Kier alpha value is -1.88. The van der Waals surface area contributed by atoms with Gasteiger partial charge in [-0.05, 0) is 62.7 Å². The zero-order valence-electron chi connectivity index (χ0n) is 18.4. The maximum absolute atomic E-state index is 13.6. The first kappa shape index (κ1) is 23.3. The van der Waals surface area contributed by atoms with E-state index in [-0.39, 0.29) is 22.4 Å². The molecule has 1 N–H and O–H groups in total. The van der Waals surface area contributed by atoms with E-state index < -0.39 is 36.7 Å². The van der Waals surface area contributed by atoms with Crippen LogP contribution >= 0.6 is 0 Å². The number of benzene rings is 1. The van der Waals surface area contributed by atoms with Gasteiger partial charge >= 0.3 is 0 Å². The molecular weight excluding hydrogens is 452 g/mol. The third-order valence-corrected chi connectivity index (χ3v) is 10.5. The number of hydrogen-bond donors (Lipinski definition) is 1. The molecule has 1 aromatic carbocycles. The van der Waals surface area contributed by atoms with Crippen LogP contribution in [0.4, 0.5) is 0 Å². The molecule has 2 saturated heterocycles. The molecule has 3 atom stereocenters. The number of aryl methyl sites for hydroxylation is 1. The molecule has 0 amide bonds. The Bertz CT molecular complexity index is 1140. The van der Waals surface area contributed by atoms with Crippen molar-refractivity contribution in [2.75, 3.05) is 38.2 Å². The van der Waals surface area contributed by atoms with Crippen LogP contribution in [0.2, 0.25) is 0 Å². The minimum Gasteiger partial charge on any atom is -0.495 e. The predicted octanol–water partition coefficient (Wildman–Crippen LogP) is 1.96. The van der Waals surface area contributed by atoms with Crippen molar-refractivity contribution in [3.8, 4) is 5.75 Å². The normalized spacial score (nSPS) is 24.6. The smallest absolute Gasteiger partial charge is 0.187 e. The summed E-state index contributed by atoms with van der Waals surface area (Å²) in [6.07, 6.45) is 3.81. The van der Waals surface area contributed by atoms with Crippen molar-refractivity contribution in [2.24, 2.45) is 0 Å². The SMILES string of the molecule is COc1ccc(C)cc1S(=O)(=O)[C@H]1CS(=O)(=O)C[C@@H]1NCC(c1ccco1)N1CCCC1. The Morgan fingerprint density at radius 1 is 1.22 bits per heavy atom. The molecule has 2 fully saturated rings. The standard InChI is InChI=1S/C22H30N2O6S2/c1-16-7-8-20(29-2)21(12-16)32(27,28)22-15-31(25,26)14-17(22)23-13-18(19-6-5-11-30-19)24-9-3-4-10-24/h5-8,11-12,17-18,22-23H,3-4,9-10,13-15H2,1-2H3/t17-,18?,22-/m0/s1. The number of sulfone groups is 2. The summed E-state index contributed by atoms with van der Waals surface area (Å²) in [6.45, 7) is 4.06. The first-order valence-corrected chi connectivity index (χ1v) is 14.2. The highest BCUT2D eigenvalue weighted by atomic mass is 32.2. The fourth-order valence-electron chi connectivity index (χ4n) is 4.69. The van der Waals surface area contributed by atoms with Crippen molar-refractivity contribution in [3.63, 3.8) is 0 Å². The van der Waals surface area contributed by atoms with E-state index in [1.165, 1.54) is 7.11 Å². The molecule has 1 aromatic heterocycles. The minimum atomic E-state index is -3.95. The number of likely N-dealkylation sites (tertiary alicyclic amines) is 1. The summed E-state index contributed by atoms with van der Waals surface area (Å²) >= 11 is 0. The van der Waals surface area contributed by atoms with Gasteiger partial charge in [-0.15, -0.1) is 0 Å². The fourth-order valence-corrected chi connectivity index (χ4v) is 9.65. The third kappa shape index (κ3) is 4.73. The lowest BCUT2D eigenvalue weighted by atomic mass is 10.1. The average molecular weight is 483 g/mol. The molecule has 1 unspecified atom stereocenters. The van der Waals surface area contributed by atoms with Crippen LogP contribution in [0.25, 0.3) is 0 Å². The molecular formula is C22H30N2O6S2. The quantitative estimate of drug-likeness (QED) is 0.609. The molecule has 0 bridgehead atoms. The number of rotatable bonds is 8. The van der Waals surface area contributed by atoms with Crippen molar-refractivity contribution < 1.29 is 26.0 Å². The monoisotopic (exact) mass is 482 g/mol. The molecule has 0 aliphatic carbocycles. The van der Waals surface area contributed by atoms with E-state index in [2.05, 4.69) is 10.2 Å². The van der Waals surface area contributed by atoms with Gasteiger partial charge in [0.1, 0.15) is 16.4 Å². The predicted molar refractivity (Wildman–Crippen MR) is 121 cm³/mol. The number of nitrogens with one attached hydrogen (secondary N) is 1. The van der Waals surface area contributed by atoms with Crippen molar-refractivity contribution in [3.05, 3.63) is 47.9 Å². The van der Waals surface area contributed by atoms with Crippen LogP contribution in [0.15, 0.2) is 45.9 Å². The molecule has 4 rings (SSSR count). The van der Waals surface area contributed by atoms with Crippen LogP contribution in [0.3, 0.4) is 0 Å². The molecule has 2 aromatic rings. The summed E-state index contributed by atoms with van der Waals surface area (Å²) < 4.78 is 63.1. The van der Waals surface area contributed by atoms with Gasteiger partial charge in [0.2, 0.25) is 0 Å². The van der Waals surface area contributed by atoms with E-state index in [4.69, 9.17) is 9.15 Å². The second-order valence-corrected chi connectivity index (χ2v) is 12.9. The van der Waals surface area contributed by atoms with Gasteiger partial charge in [0.05, 0.1) is 36.2 Å². The zero-order chi connectivity index (χ0) is 22.9. The highest BCUT2D eigenvalue weighted by Gasteiger charge is 2.47. The molecule has 3 heterocycles. The first-order chi connectivity index (χ1) is 15.2. The summed E-state index contributed by atoms with van der Waals surface area (Å²) in [5.41, 5.74) is 0.765. The van der Waals surface area contributed by atoms with Crippen molar-refractivity contribution in [1.29, 1.82) is 0 Å². The van der Waals surface area contributed by atoms with Gasteiger partial charge in [0.25, 0.3) is 0 Å². The summed E-state index contributed by atoms with van der Waals surface area (Å²) in [5.74, 6) is 0.402. The van der Waals surface area contributed by atoms with Crippen molar-refractivity contribution in [1.82, 2.24) is 10.2 Å². The van der Waals surface area contributed by atoms with Crippen LogP contribution in [-0.2, 0) is 19.7 Å². The van der Waals surface area contributed by atoms with E-state index in [1.807, 2.05) is 12.1 Å². The molecule has 2 aliphatic rings. The van der Waals surface area contributed by atoms with E-state index >= 15 is 0 Å². The largest absolute Gasteiger partial charge is 0.495 e. The van der Waals surface area contributed by atoms with E-state index in [1.54, 1.807) is 31.4 Å².